The van der Waals surface area contributed by atoms with E-state index in [1.54, 1.807) is 0 Å². The number of nitrogens with zero attached hydrogens (tertiary/aromatic N) is 1. The summed E-state index contributed by atoms with van der Waals surface area (Å²) in [5.74, 6) is 0.291. The molecule has 0 aromatic heterocycles. The molecule has 132 valence electrons. The Labute approximate surface area is 144 Å². The summed E-state index contributed by atoms with van der Waals surface area (Å²) in [7, 11) is 2.20. The molecule has 0 unspecified atom stereocenters. The van der Waals surface area contributed by atoms with Gasteiger partial charge in [0.1, 0.15) is 0 Å². The molecule has 4 nitrogen and oxygen atoms in total. The van der Waals surface area contributed by atoms with Crippen LogP contribution in [0.2, 0.25) is 0 Å². The Morgan fingerprint density at radius 2 is 2.21 bits per heavy atom. The lowest BCUT2D eigenvalue weighted by molar-refractivity contribution is -0.127. The maximum absolute atomic E-state index is 11.0. The van der Waals surface area contributed by atoms with E-state index in [0.29, 0.717) is 25.0 Å². The monoisotopic (exact) mass is 331 g/mol. The molecule has 2 aliphatic carbocycles. The standard InChI is InChI=1S/C20H29NO3/c1-13-3-4-14-10-17-19-18(23)11-15(24-8-7-22)12-20(19,16(14)9-13)5-6-21(17)2/h3-4,9,15,17-19,22-23H,5-8,10-12H2,1-2H3/t15-,17+,18+,19-,20+/m0/s1. The molecule has 3 aliphatic rings. The third-order valence-corrected chi connectivity index (χ3v) is 6.72. The van der Waals surface area contributed by atoms with Crippen molar-refractivity contribution < 1.29 is 14.9 Å². The smallest absolute Gasteiger partial charge is 0.0701 e. The Morgan fingerprint density at radius 3 is 3.00 bits per heavy atom. The van der Waals surface area contributed by atoms with Gasteiger partial charge >= 0.3 is 0 Å². The van der Waals surface area contributed by atoms with Crippen LogP contribution in [0, 0.1) is 12.8 Å². The lowest BCUT2D eigenvalue weighted by Gasteiger charge is -2.61. The molecular weight excluding hydrogens is 302 g/mol. The summed E-state index contributed by atoms with van der Waals surface area (Å²) < 4.78 is 5.89. The van der Waals surface area contributed by atoms with Crippen LogP contribution in [0.4, 0.5) is 0 Å². The molecule has 4 heteroatoms. The van der Waals surface area contributed by atoms with Crippen LogP contribution < -0.4 is 0 Å². The van der Waals surface area contributed by atoms with Gasteiger partial charge in [0, 0.05) is 17.4 Å². The highest BCUT2D eigenvalue weighted by molar-refractivity contribution is 5.44. The summed E-state index contributed by atoms with van der Waals surface area (Å²) in [6.45, 7) is 3.65. The summed E-state index contributed by atoms with van der Waals surface area (Å²) in [6, 6.07) is 7.28. The summed E-state index contributed by atoms with van der Waals surface area (Å²) >= 11 is 0. The van der Waals surface area contributed by atoms with Crippen molar-refractivity contribution in [3.8, 4) is 0 Å². The molecule has 1 aliphatic heterocycles. The number of aliphatic hydroxyl groups excluding tert-OH is 2. The van der Waals surface area contributed by atoms with Gasteiger partial charge in [0.25, 0.3) is 0 Å². The highest BCUT2D eigenvalue weighted by Gasteiger charge is 2.58. The maximum Gasteiger partial charge on any atom is 0.0701 e. The Kier molecular flexibility index (Phi) is 4.20. The molecule has 1 aromatic carbocycles. The highest BCUT2D eigenvalue weighted by Crippen LogP contribution is 2.56. The molecule has 2 N–H and O–H groups in total. The van der Waals surface area contributed by atoms with Crippen molar-refractivity contribution in [2.45, 2.75) is 56.3 Å². The molecule has 0 amide bonds. The van der Waals surface area contributed by atoms with Crippen LogP contribution in [0.3, 0.4) is 0 Å². The zero-order valence-corrected chi connectivity index (χ0v) is 14.7. The number of ether oxygens (including phenoxy) is 1. The number of aryl methyl sites for hydroxylation is 1. The van der Waals surface area contributed by atoms with Crippen LogP contribution in [0.5, 0.6) is 0 Å². The van der Waals surface area contributed by atoms with E-state index in [4.69, 9.17) is 9.84 Å². The number of likely N-dealkylation sites (N-methyl/N-ethyl adjacent to an activating group) is 1. The second-order valence-electron chi connectivity index (χ2n) is 8.07. The van der Waals surface area contributed by atoms with Crippen LogP contribution in [-0.4, -0.2) is 60.2 Å². The van der Waals surface area contributed by atoms with Crippen LogP contribution in [0.1, 0.15) is 36.0 Å². The fourth-order valence-corrected chi connectivity index (χ4v) is 5.73. The highest BCUT2D eigenvalue weighted by atomic mass is 16.5. The van der Waals surface area contributed by atoms with Gasteiger partial charge in [0.15, 0.2) is 0 Å². The molecule has 4 rings (SSSR count). The lowest BCUT2D eigenvalue weighted by atomic mass is 9.51. The second-order valence-corrected chi connectivity index (χ2v) is 8.07. The van der Waals surface area contributed by atoms with E-state index in [9.17, 15) is 5.11 Å². The number of aliphatic hydroxyl groups is 2. The first-order chi connectivity index (χ1) is 11.5. The van der Waals surface area contributed by atoms with Crippen LogP contribution >= 0.6 is 0 Å². The van der Waals surface area contributed by atoms with E-state index in [1.807, 2.05) is 0 Å². The molecule has 2 bridgehead atoms. The molecule has 0 radical (unpaired) electrons. The molecule has 24 heavy (non-hydrogen) atoms. The first-order valence-electron chi connectivity index (χ1n) is 9.26. The number of benzene rings is 1. The molecule has 1 saturated heterocycles. The summed E-state index contributed by atoms with van der Waals surface area (Å²) in [6.07, 6.45) is 3.49. The normalized spacial score (nSPS) is 38.5. The molecule has 0 spiro atoms. The molecular formula is C20H29NO3. The van der Waals surface area contributed by atoms with E-state index in [0.717, 1.165) is 25.8 Å². The van der Waals surface area contributed by atoms with Crippen molar-refractivity contribution in [1.82, 2.24) is 4.90 Å². The van der Waals surface area contributed by atoms with E-state index in [2.05, 4.69) is 37.1 Å². The van der Waals surface area contributed by atoms with Gasteiger partial charge in [-0.05, 0) is 57.3 Å². The molecule has 1 heterocycles. The van der Waals surface area contributed by atoms with Gasteiger partial charge in [-0.2, -0.15) is 0 Å². The second kappa shape index (κ2) is 6.10. The topological polar surface area (TPSA) is 52.9 Å². The zero-order valence-electron chi connectivity index (χ0n) is 14.7. The van der Waals surface area contributed by atoms with Crippen LogP contribution in [0.25, 0.3) is 0 Å². The quantitative estimate of drug-likeness (QED) is 0.884. The van der Waals surface area contributed by atoms with E-state index < -0.39 is 0 Å². The van der Waals surface area contributed by atoms with Crippen molar-refractivity contribution in [2.24, 2.45) is 5.92 Å². The van der Waals surface area contributed by atoms with Gasteiger partial charge in [-0.15, -0.1) is 0 Å². The predicted molar refractivity (Wildman–Crippen MR) is 93.2 cm³/mol. The summed E-state index contributed by atoms with van der Waals surface area (Å²) in [4.78, 5) is 2.45. The largest absolute Gasteiger partial charge is 0.394 e. The molecule has 1 aromatic rings. The predicted octanol–water partition coefficient (Wildman–Crippen LogP) is 1.64. The molecule has 5 atom stereocenters. The number of rotatable bonds is 3. The van der Waals surface area contributed by atoms with Gasteiger partial charge in [-0.25, -0.2) is 0 Å². The third-order valence-electron chi connectivity index (χ3n) is 6.72. The Hall–Kier alpha value is -0.940. The van der Waals surface area contributed by atoms with Crippen LogP contribution in [-0.2, 0) is 16.6 Å². The average Bonchev–Trinajstić information content (AvgIpc) is 2.57. The fourth-order valence-electron chi connectivity index (χ4n) is 5.73. The fraction of sp³-hybridized carbons (Fsp3) is 0.700. The van der Waals surface area contributed by atoms with Crippen molar-refractivity contribution in [3.63, 3.8) is 0 Å². The van der Waals surface area contributed by atoms with E-state index in [-0.39, 0.29) is 24.2 Å². The number of hydrogen-bond acceptors (Lipinski definition) is 4. The summed E-state index contributed by atoms with van der Waals surface area (Å²) in [5.41, 5.74) is 4.22. The van der Waals surface area contributed by atoms with Gasteiger partial charge in [-0.3, -0.25) is 0 Å². The minimum absolute atomic E-state index is 0.0224. The Morgan fingerprint density at radius 1 is 1.38 bits per heavy atom. The Bertz CT molecular complexity index is 619. The van der Waals surface area contributed by atoms with Crippen molar-refractivity contribution in [1.29, 1.82) is 0 Å². The first-order valence-corrected chi connectivity index (χ1v) is 9.26. The number of likely N-dealkylation sites (tertiary alicyclic amines) is 1. The third kappa shape index (κ3) is 2.43. The first kappa shape index (κ1) is 16.5. The minimum atomic E-state index is -0.330. The average molecular weight is 331 g/mol. The van der Waals surface area contributed by atoms with Gasteiger partial charge in [0.2, 0.25) is 0 Å². The van der Waals surface area contributed by atoms with E-state index in [1.165, 1.54) is 16.7 Å². The van der Waals surface area contributed by atoms with Crippen molar-refractivity contribution in [3.05, 3.63) is 34.9 Å². The Balaban J connectivity index is 1.79. The van der Waals surface area contributed by atoms with Gasteiger partial charge < -0.3 is 19.8 Å². The maximum atomic E-state index is 11.0. The molecule has 2 fully saturated rings. The van der Waals surface area contributed by atoms with Gasteiger partial charge in [-0.1, -0.05) is 23.8 Å². The zero-order chi connectivity index (χ0) is 16.9. The van der Waals surface area contributed by atoms with Gasteiger partial charge in [0.05, 0.1) is 25.4 Å². The number of hydrogen-bond donors (Lipinski definition) is 2. The summed E-state index contributed by atoms with van der Waals surface area (Å²) in [5, 5.41) is 20.1. The van der Waals surface area contributed by atoms with Crippen molar-refractivity contribution >= 4 is 0 Å². The van der Waals surface area contributed by atoms with E-state index >= 15 is 0 Å². The van der Waals surface area contributed by atoms with Crippen LogP contribution in [0.15, 0.2) is 18.2 Å². The lowest BCUT2D eigenvalue weighted by Crippen LogP contribution is -2.65. The number of piperidine rings is 1. The molecule has 1 saturated carbocycles. The minimum Gasteiger partial charge on any atom is -0.394 e. The SMILES string of the molecule is Cc1ccc2c(c1)[C@]13CCN(C)[C@H](C2)[C@H]1[C@H](O)C[C@H](OCCO)C3. The van der Waals surface area contributed by atoms with Crippen molar-refractivity contribution in [2.75, 3.05) is 26.8 Å². The number of fused-ring (bicyclic) bond motifs is 1.